The summed E-state index contributed by atoms with van der Waals surface area (Å²) in [5.41, 5.74) is 0. The molecule has 0 saturated heterocycles. The van der Waals surface area contributed by atoms with Gasteiger partial charge in [0.05, 0.1) is 0 Å². The number of ether oxygens (including phenoxy) is 3. The molecule has 0 aliphatic heterocycles. The Bertz CT molecular complexity index is 1340. The van der Waals surface area contributed by atoms with Gasteiger partial charge in [0.2, 0.25) is 0 Å². The van der Waals surface area contributed by atoms with Crippen LogP contribution >= 0.6 is 0 Å². The summed E-state index contributed by atoms with van der Waals surface area (Å²) in [6.45, 7) is 6.47. The van der Waals surface area contributed by atoms with Crippen molar-refractivity contribution < 1.29 is 28.6 Å². The maximum atomic E-state index is 12.8. The van der Waals surface area contributed by atoms with Crippen LogP contribution in [0.4, 0.5) is 0 Å². The standard InChI is InChI=1S/C66H116O6/c1-4-7-10-13-16-19-22-25-26-27-28-29-30-31-32-33-34-35-36-37-38-39-40-42-44-47-50-53-56-59-65(68)71-62-63(61-70-64(67)58-55-52-49-46-43-24-21-18-15-12-9-6-3)72-66(69)60-57-54-51-48-45-41-23-20-17-14-11-8-5-2/h8,11,17,20,22,25,27-28,41,45,51,54,63H,4-7,9-10,12-16,18-19,21,23-24,26,29-40,42-44,46-50,52-53,55-62H2,1-3H3/b11-8-,20-17-,25-22-,28-27-,45-41-,54-51-. The minimum atomic E-state index is -0.810. The molecule has 0 amide bonds. The first-order chi connectivity index (χ1) is 35.5. The molecule has 0 aromatic rings. The SMILES string of the molecule is CC/C=C\C/C=C\C/C=C\C/C=C\CCC(=O)OC(COC(=O)CCCCCCCCCCCCCC)COC(=O)CCCCCCCCCCCCCCCCCCC/C=C\C/C=C\CCCCCCC. The van der Waals surface area contributed by atoms with E-state index in [0.717, 1.165) is 70.6 Å². The molecule has 0 spiro atoms. The molecule has 6 heteroatoms. The van der Waals surface area contributed by atoms with Gasteiger partial charge in [0.15, 0.2) is 6.10 Å². The van der Waals surface area contributed by atoms with Gasteiger partial charge in [0.1, 0.15) is 13.2 Å². The number of rotatable bonds is 56. The van der Waals surface area contributed by atoms with Gasteiger partial charge in [0, 0.05) is 19.3 Å². The number of hydrogen-bond donors (Lipinski definition) is 0. The predicted molar refractivity (Wildman–Crippen MR) is 311 cm³/mol. The van der Waals surface area contributed by atoms with Crippen LogP contribution in [0, 0.1) is 0 Å². The number of unbranched alkanes of at least 4 members (excludes halogenated alkanes) is 33. The Labute approximate surface area is 446 Å². The largest absolute Gasteiger partial charge is 0.462 e. The molecular formula is C66H116O6. The molecule has 0 fully saturated rings. The number of carbonyl (C=O) groups is 3. The summed E-state index contributed by atoms with van der Waals surface area (Å²) in [7, 11) is 0. The van der Waals surface area contributed by atoms with Crippen LogP contribution in [0.25, 0.3) is 0 Å². The van der Waals surface area contributed by atoms with E-state index in [0.29, 0.717) is 19.3 Å². The highest BCUT2D eigenvalue weighted by molar-refractivity contribution is 5.71. The Balaban J connectivity index is 4.18. The molecule has 1 unspecified atom stereocenters. The second kappa shape index (κ2) is 60.4. The van der Waals surface area contributed by atoms with Crippen LogP contribution in [0.2, 0.25) is 0 Å². The van der Waals surface area contributed by atoms with Crippen LogP contribution in [0.15, 0.2) is 72.9 Å². The first-order valence-corrected chi connectivity index (χ1v) is 30.9. The molecule has 0 bridgehead atoms. The van der Waals surface area contributed by atoms with Crippen LogP contribution in [0.3, 0.4) is 0 Å². The summed E-state index contributed by atoms with van der Waals surface area (Å²) in [6.07, 6.45) is 78.0. The molecule has 416 valence electrons. The van der Waals surface area contributed by atoms with Crippen LogP contribution in [-0.4, -0.2) is 37.2 Å². The van der Waals surface area contributed by atoms with Gasteiger partial charge in [-0.15, -0.1) is 0 Å². The third kappa shape index (κ3) is 57.7. The lowest BCUT2D eigenvalue weighted by molar-refractivity contribution is -0.166. The molecule has 0 aromatic heterocycles. The van der Waals surface area contributed by atoms with E-state index in [1.807, 2.05) is 6.08 Å². The minimum absolute atomic E-state index is 0.100. The fourth-order valence-corrected chi connectivity index (χ4v) is 8.84. The second-order valence-electron chi connectivity index (χ2n) is 20.6. The van der Waals surface area contributed by atoms with Gasteiger partial charge in [-0.1, -0.05) is 286 Å². The van der Waals surface area contributed by atoms with Gasteiger partial charge in [-0.2, -0.15) is 0 Å². The molecule has 0 aliphatic rings. The molecule has 0 aromatic carbocycles. The van der Waals surface area contributed by atoms with E-state index in [-0.39, 0.29) is 37.5 Å². The van der Waals surface area contributed by atoms with Gasteiger partial charge < -0.3 is 14.2 Å². The monoisotopic (exact) mass is 1000 g/mol. The summed E-state index contributed by atoms with van der Waals surface area (Å²) in [5.74, 6) is -0.971. The molecule has 0 rings (SSSR count). The topological polar surface area (TPSA) is 78.9 Å². The molecule has 6 nitrogen and oxygen atoms in total. The van der Waals surface area contributed by atoms with E-state index in [4.69, 9.17) is 14.2 Å². The van der Waals surface area contributed by atoms with E-state index in [1.54, 1.807) is 0 Å². The maximum absolute atomic E-state index is 12.8. The van der Waals surface area contributed by atoms with Gasteiger partial charge in [-0.25, -0.2) is 0 Å². The lowest BCUT2D eigenvalue weighted by Gasteiger charge is -2.18. The highest BCUT2D eigenvalue weighted by atomic mass is 16.6. The lowest BCUT2D eigenvalue weighted by Crippen LogP contribution is -2.30. The summed E-state index contributed by atoms with van der Waals surface area (Å²) in [4.78, 5) is 38.1. The molecular weight excluding hydrogens is 889 g/mol. The zero-order chi connectivity index (χ0) is 52.2. The lowest BCUT2D eigenvalue weighted by atomic mass is 10.0. The predicted octanol–water partition coefficient (Wildman–Crippen LogP) is 20.9. The first-order valence-electron chi connectivity index (χ1n) is 30.9. The second-order valence-corrected chi connectivity index (χ2v) is 20.6. The molecule has 0 aliphatic carbocycles. The zero-order valence-electron chi connectivity index (χ0n) is 47.7. The molecule has 0 N–H and O–H groups in total. The van der Waals surface area contributed by atoms with E-state index in [2.05, 4.69) is 87.6 Å². The Morgan fingerprint density at radius 3 is 0.903 bits per heavy atom. The number of hydrogen-bond acceptors (Lipinski definition) is 6. The molecule has 1 atom stereocenters. The average Bonchev–Trinajstić information content (AvgIpc) is 3.38. The summed E-state index contributed by atoms with van der Waals surface area (Å²) in [5, 5.41) is 0. The number of esters is 3. The number of carbonyl (C=O) groups excluding carboxylic acids is 3. The van der Waals surface area contributed by atoms with Gasteiger partial charge in [-0.05, 0) is 77.0 Å². The third-order valence-electron chi connectivity index (χ3n) is 13.5. The molecule has 0 radical (unpaired) electrons. The molecule has 0 heterocycles. The van der Waals surface area contributed by atoms with Gasteiger partial charge >= 0.3 is 17.9 Å². The maximum Gasteiger partial charge on any atom is 0.306 e. The quantitative estimate of drug-likeness (QED) is 0.0261. The van der Waals surface area contributed by atoms with Crippen molar-refractivity contribution in [2.24, 2.45) is 0 Å². The van der Waals surface area contributed by atoms with E-state index in [1.165, 1.54) is 193 Å². The zero-order valence-corrected chi connectivity index (χ0v) is 47.7. The summed E-state index contributed by atoms with van der Waals surface area (Å²) < 4.78 is 16.8. The van der Waals surface area contributed by atoms with Crippen molar-refractivity contribution in [3.05, 3.63) is 72.9 Å². The van der Waals surface area contributed by atoms with Crippen molar-refractivity contribution >= 4 is 17.9 Å². The molecule has 0 saturated carbocycles. The van der Waals surface area contributed by atoms with Gasteiger partial charge in [-0.3, -0.25) is 14.4 Å². The minimum Gasteiger partial charge on any atom is -0.462 e. The van der Waals surface area contributed by atoms with E-state index >= 15 is 0 Å². The third-order valence-corrected chi connectivity index (χ3v) is 13.5. The Morgan fingerprint density at radius 1 is 0.292 bits per heavy atom. The van der Waals surface area contributed by atoms with Crippen molar-refractivity contribution in [2.45, 2.75) is 316 Å². The van der Waals surface area contributed by atoms with Crippen molar-refractivity contribution in [2.75, 3.05) is 13.2 Å². The van der Waals surface area contributed by atoms with Crippen LogP contribution in [0.5, 0.6) is 0 Å². The van der Waals surface area contributed by atoms with Crippen molar-refractivity contribution in [1.82, 2.24) is 0 Å². The van der Waals surface area contributed by atoms with E-state index in [9.17, 15) is 14.4 Å². The fraction of sp³-hybridized carbons (Fsp3) is 0.773. The van der Waals surface area contributed by atoms with Crippen LogP contribution < -0.4 is 0 Å². The highest BCUT2D eigenvalue weighted by Gasteiger charge is 2.19. The van der Waals surface area contributed by atoms with Crippen LogP contribution in [-0.2, 0) is 28.6 Å². The first kappa shape index (κ1) is 68.8. The Hall–Kier alpha value is -3.15. The summed E-state index contributed by atoms with van der Waals surface area (Å²) >= 11 is 0. The van der Waals surface area contributed by atoms with Crippen molar-refractivity contribution in [1.29, 1.82) is 0 Å². The fourth-order valence-electron chi connectivity index (χ4n) is 8.84. The highest BCUT2D eigenvalue weighted by Crippen LogP contribution is 2.17. The van der Waals surface area contributed by atoms with E-state index < -0.39 is 6.10 Å². The van der Waals surface area contributed by atoms with Crippen LogP contribution in [0.1, 0.15) is 310 Å². The molecule has 72 heavy (non-hydrogen) atoms. The smallest absolute Gasteiger partial charge is 0.306 e. The Kier molecular flexibility index (Phi) is 57.8. The normalized spacial score (nSPS) is 12.5. The van der Waals surface area contributed by atoms with Gasteiger partial charge in [0.25, 0.3) is 0 Å². The van der Waals surface area contributed by atoms with Crippen molar-refractivity contribution in [3.8, 4) is 0 Å². The number of allylic oxidation sites excluding steroid dienone is 12. The Morgan fingerprint density at radius 2 is 0.569 bits per heavy atom. The average molecular weight is 1010 g/mol. The summed E-state index contributed by atoms with van der Waals surface area (Å²) in [6, 6.07) is 0. The van der Waals surface area contributed by atoms with Crippen molar-refractivity contribution in [3.63, 3.8) is 0 Å².